The van der Waals surface area contributed by atoms with Gasteiger partial charge >= 0.3 is 0 Å². The molecule has 3 nitrogen and oxygen atoms in total. The summed E-state index contributed by atoms with van der Waals surface area (Å²) >= 11 is 6.09. The number of nitrogens with zero attached hydrogens (tertiary/aromatic N) is 2. The van der Waals surface area contributed by atoms with Crippen molar-refractivity contribution in [1.82, 2.24) is 9.78 Å². The third kappa shape index (κ3) is 2.39. The molecule has 0 bridgehead atoms. The van der Waals surface area contributed by atoms with Crippen molar-refractivity contribution >= 4 is 22.5 Å². The highest BCUT2D eigenvalue weighted by Gasteiger charge is 2.25. The molecule has 1 aliphatic carbocycles. The van der Waals surface area contributed by atoms with Crippen molar-refractivity contribution in [3.05, 3.63) is 23.2 Å². The van der Waals surface area contributed by atoms with Crippen LogP contribution in [0.3, 0.4) is 0 Å². The van der Waals surface area contributed by atoms with Gasteiger partial charge in [-0.05, 0) is 43.9 Å². The van der Waals surface area contributed by atoms with Crippen LogP contribution in [-0.2, 0) is 0 Å². The molecule has 0 amide bonds. The number of hydrogen-bond acceptors (Lipinski definition) is 2. The predicted octanol–water partition coefficient (Wildman–Crippen LogP) is 4.84. The molecule has 0 aliphatic heterocycles. The lowest BCUT2D eigenvalue weighted by molar-refractivity contribution is 0.230. The number of methoxy groups -OCH3 is 1. The topological polar surface area (TPSA) is 27.1 Å². The van der Waals surface area contributed by atoms with E-state index in [1.165, 1.54) is 32.1 Å². The first-order valence-corrected chi connectivity index (χ1v) is 7.80. The van der Waals surface area contributed by atoms with E-state index >= 15 is 0 Å². The lowest BCUT2D eigenvalue weighted by Crippen LogP contribution is -2.20. The van der Waals surface area contributed by atoms with E-state index in [1.54, 1.807) is 7.11 Å². The molecule has 0 saturated heterocycles. The first-order chi connectivity index (χ1) is 9.70. The maximum atomic E-state index is 6.09. The molecule has 1 aromatic heterocycles. The van der Waals surface area contributed by atoms with E-state index in [4.69, 9.17) is 21.4 Å². The van der Waals surface area contributed by atoms with E-state index in [9.17, 15) is 0 Å². The van der Waals surface area contributed by atoms with Crippen molar-refractivity contribution < 1.29 is 4.74 Å². The molecule has 0 N–H and O–H groups in total. The van der Waals surface area contributed by atoms with Gasteiger partial charge in [0.25, 0.3) is 0 Å². The third-order valence-corrected chi connectivity index (χ3v) is 4.76. The van der Waals surface area contributed by atoms with Gasteiger partial charge in [-0.2, -0.15) is 5.10 Å². The largest absolute Gasteiger partial charge is 0.481 e. The Morgan fingerprint density at radius 1 is 1.30 bits per heavy atom. The molecular weight excluding hydrogens is 272 g/mol. The SMILES string of the molecule is COc1c2cc(Cl)ccc2nn1[C@H](C)C1CCCCC1. The van der Waals surface area contributed by atoms with Gasteiger partial charge in [0.1, 0.15) is 0 Å². The zero-order valence-corrected chi connectivity index (χ0v) is 12.9. The molecule has 0 radical (unpaired) electrons. The summed E-state index contributed by atoms with van der Waals surface area (Å²) in [4.78, 5) is 0. The third-order valence-electron chi connectivity index (χ3n) is 4.52. The zero-order chi connectivity index (χ0) is 14.1. The van der Waals surface area contributed by atoms with Crippen molar-refractivity contribution in [3.63, 3.8) is 0 Å². The Bertz CT molecular complexity index is 602. The molecule has 1 fully saturated rings. The van der Waals surface area contributed by atoms with Gasteiger partial charge in [-0.1, -0.05) is 30.9 Å². The number of halogens is 1. The van der Waals surface area contributed by atoms with Crippen LogP contribution in [0.5, 0.6) is 5.88 Å². The van der Waals surface area contributed by atoms with Crippen molar-refractivity contribution in [3.8, 4) is 5.88 Å². The van der Waals surface area contributed by atoms with Crippen molar-refractivity contribution in [1.29, 1.82) is 0 Å². The second-order valence-corrected chi connectivity index (χ2v) is 6.19. The fourth-order valence-corrected chi connectivity index (χ4v) is 3.52. The van der Waals surface area contributed by atoms with Gasteiger partial charge in [0.2, 0.25) is 5.88 Å². The minimum absolute atomic E-state index is 0.372. The smallest absolute Gasteiger partial charge is 0.219 e. The van der Waals surface area contributed by atoms with E-state index in [0.717, 1.165) is 21.8 Å². The van der Waals surface area contributed by atoms with Crippen LogP contribution in [0.25, 0.3) is 10.9 Å². The van der Waals surface area contributed by atoms with Gasteiger partial charge in [-0.15, -0.1) is 0 Å². The maximum Gasteiger partial charge on any atom is 0.219 e. The van der Waals surface area contributed by atoms with Crippen molar-refractivity contribution in [2.75, 3.05) is 7.11 Å². The van der Waals surface area contributed by atoms with Crippen molar-refractivity contribution in [2.24, 2.45) is 5.92 Å². The maximum absolute atomic E-state index is 6.09. The van der Waals surface area contributed by atoms with Gasteiger partial charge < -0.3 is 4.74 Å². The van der Waals surface area contributed by atoms with Crippen LogP contribution in [0.4, 0.5) is 0 Å². The Balaban J connectivity index is 2.01. The number of rotatable bonds is 3. The van der Waals surface area contributed by atoms with Crippen LogP contribution >= 0.6 is 11.6 Å². The Hall–Kier alpha value is -1.22. The Morgan fingerprint density at radius 3 is 2.75 bits per heavy atom. The van der Waals surface area contributed by atoms with Crippen LogP contribution in [-0.4, -0.2) is 16.9 Å². The summed E-state index contributed by atoms with van der Waals surface area (Å²) < 4.78 is 7.66. The first-order valence-electron chi connectivity index (χ1n) is 7.42. The Labute approximate surface area is 124 Å². The molecular formula is C16H21ClN2O. The standard InChI is InChI=1S/C16H21ClN2O/c1-11(12-6-4-3-5-7-12)19-16(20-2)14-10-13(17)8-9-15(14)18-19/h8-12H,3-7H2,1-2H3/t11-/m1/s1. The summed E-state index contributed by atoms with van der Waals surface area (Å²) in [5.41, 5.74) is 0.953. The molecule has 2 aromatic rings. The molecule has 4 heteroatoms. The molecule has 0 spiro atoms. The molecule has 3 rings (SSSR count). The summed E-state index contributed by atoms with van der Waals surface area (Å²) in [6.07, 6.45) is 6.63. The number of fused-ring (bicyclic) bond motifs is 1. The Kier molecular flexibility index (Phi) is 3.88. The number of benzene rings is 1. The second-order valence-electron chi connectivity index (χ2n) is 5.75. The molecule has 1 saturated carbocycles. The molecule has 1 atom stereocenters. The van der Waals surface area contributed by atoms with Gasteiger partial charge in [0, 0.05) is 5.02 Å². The van der Waals surface area contributed by atoms with Gasteiger partial charge in [0.15, 0.2) is 0 Å². The quantitative estimate of drug-likeness (QED) is 0.809. The van der Waals surface area contributed by atoms with Gasteiger partial charge in [-0.25, -0.2) is 4.68 Å². The highest BCUT2D eigenvalue weighted by Crippen LogP contribution is 2.37. The minimum atomic E-state index is 0.372. The molecule has 108 valence electrons. The fraction of sp³-hybridized carbons (Fsp3) is 0.562. The van der Waals surface area contributed by atoms with Crippen LogP contribution in [0, 0.1) is 5.92 Å². The lowest BCUT2D eigenvalue weighted by Gasteiger charge is -2.28. The second kappa shape index (κ2) is 5.65. The first kappa shape index (κ1) is 13.7. The monoisotopic (exact) mass is 292 g/mol. The summed E-state index contributed by atoms with van der Waals surface area (Å²) in [6, 6.07) is 6.15. The summed E-state index contributed by atoms with van der Waals surface area (Å²) in [6.45, 7) is 2.26. The number of aromatic nitrogens is 2. The van der Waals surface area contributed by atoms with Crippen LogP contribution in [0.15, 0.2) is 18.2 Å². The van der Waals surface area contributed by atoms with E-state index in [2.05, 4.69) is 11.6 Å². The summed E-state index contributed by atoms with van der Waals surface area (Å²) in [5.74, 6) is 1.53. The normalized spacial score (nSPS) is 18.4. The fourth-order valence-electron chi connectivity index (χ4n) is 3.35. The van der Waals surface area contributed by atoms with E-state index in [-0.39, 0.29) is 0 Å². The molecule has 0 unspecified atom stereocenters. The molecule has 1 aliphatic rings. The Morgan fingerprint density at radius 2 is 2.05 bits per heavy atom. The minimum Gasteiger partial charge on any atom is -0.481 e. The van der Waals surface area contributed by atoms with Gasteiger partial charge in [0.05, 0.1) is 24.1 Å². The number of ether oxygens (including phenoxy) is 1. The number of hydrogen-bond donors (Lipinski definition) is 0. The van der Waals surface area contributed by atoms with E-state index in [1.807, 2.05) is 18.2 Å². The van der Waals surface area contributed by atoms with Crippen LogP contribution in [0.2, 0.25) is 5.02 Å². The molecule has 1 heterocycles. The highest BCUT2D eigenvalue weighted by atomic mass is 35.5. The van der Waals surface area contributed by atoms with Gasteiger partial charge in [-0.3, -0.25) is 0 Å². The highest BCUT2D eigenvalue weighted by molar-refractivity contribution is 6.31. The van der Waals surface area contributed by atoms with Crippen molar-refractivity contribution in [2.45, 2.75) is 45.1 Å². The van der Waals surface area contributed by atoms with Crippen LogP contribution < -0.4 is 4.74 Å². The van der Waals surface area contributed by atoms with Crippen LogP contribution in [0.1, 0.15) is 45.1 Å². The molecule has 1 aromatic carbocycles. The predicted molar refractivity (Wildman–Crippen MR) is 82.6 cm³/mol. The average Bonchev–Trinajstić information content (AvgIpc) is 2.85. The summed E-state index contributed by atoms with van der Waals surface area (Å²) in [7, 11) is 1.71. The zero-order valence-electron chi connectivity index (χ0n) is 12.1. The van der Waals surface area contributed by atoms with E-state index < -0.39 is 0 Å². The van der Waals surface area contributed by atoms with E-state index in [0.29, 0.717) is 12.0 Å². The lowest BCUT2D eigenvalue weighted by atomic mass is 9.84. The molecule has 20 heavy (non-hydrogen) atoms. The summed E-state index contributed by atoms with van der Waals surface area (Å²) in [5, 5.41) is 6.46. The average molecular weight is 293 g/mol.